The number of aromatic nitrogens is 3. The normalized spacial score (nSPS) is 27.8. The van der Waals surface area contributed by atoms with Crippen molar-refractivity contribution >= 4 is 5.71 Å². The Morgan fingerprint density at radius 3 is 2.53 bits per heavy atom. The van der Waals surface area contributed by atoms with Crippen molar-refractivity contribution in [1.82, 2.24) is 15.0 Å². The van der Waals surface area contributed by atoms with Gasteiger partial charge < -0.3 is 35.1 Å². The Balaban J connectivity index is 1.51. The molecule has 1 fully saturated rings. The van der Waals surface area contributed by atoms with Crippen molar-refractivity contribution in [3.05, 3.63) is 83.2 Å². The van der Waals surface area contributed by atoms with Gasteiger partial charge >= 0.3 is 0 Å². The average Bonchev–Trinajstić information content (AvgIpc) is 3.52. The van der Waals surface area contributed by atoms with Gasteiger partial charge in [0, 0.05) is 31.1 Å². The highest BCUT2D eigenvalue weighted by atomic mass is 16.6. The van der Waals surface area contributed by atoms with Crippen molar-refractivity contribution in [2.24, 2.45) is 22.9 Å². The number of nitrogens with zero attached hydrogens (tertiary/aromatic N) is 4. The fraction of sp³-hybridized carbons (Fsp3) is 0.500. The van der Waals surface area contributed by atoms with E-state index in [1.54, 1.807) is 18.2 Å². The van der Waals surface area contributed by atoms with Crippen LogP contribution in [0, 0.1) is 17.8 Å². The number of benzene rings is 2. The van der Waals surface area contributed by atoms with Crippen LogP contribution in [0.5, 0.6) is 11.5 Å². The third-order valence-corrected chi connectivity index (χ3v) is 9.61. The average molecular weight is 619 g/mol. The molecule has 6 atom stereocenters. The molecule has 1 aliphatic heterocycles. The molecular formula is C34H42N4O7. The van der Waals surface area contributed by atoms with Crippen molar-refractivity contribution in [2.75, 3.05) is 13.2 Å². The van der Waals surface area contributed by atoms with E-state index in [4.69, 9.17) is 9.57 Å². The van der Waals surface area contributed by atoms with E-state index in [9.17, 15) is 25.5 Å². The molecule has 1 saturated carbocycles. The Morgan fingerprint density at radius 1 is 1.00 bits per heavy atom. The first kappa shape index (κ1) is 31.2. The zero-order valence-electron chi connectivity index (χ0n) is 25.3. The van der Waals surface area contributed by atoms with Gasteiger partial charge in [-0.25, -0.2) is 4.68 Å². The number of rotatable bonds is 13. The van der Waals surface area contributed by atoms with Gasteiger partial charge in [0.1, 0.15) is 24.1 Å². The molecule has 5 N–H and O–H groups in total. The van der Waals surface area contributed by atoms with Gasteiger partial charge in [0.15, 0.2) is 0 Å². The number of ether oxygens (including phenoxy) is 1. The van der Waals surface area contributed by atoms with E-state index in [0.29, 0.717) is 30.0 Å². The van der Waals surface area contributed by atoms with Gasteiger partial charge in [0.25, 0.3) is 0 Å². The van der Waals surface area contributed by atoms with Crippen molar-refractivity contribution in [1.29, 1.82) is 0 Å². The Bertz CT molecular complexity index is 1510. The number of phenols is 1. The molecule has 2 aromatic carbocycles. The number of aliphatic hydroxyl groups is 4. The van der Waals surface area contributed by atoms with Crippen LogP contribution in [0.15, 0.2) is 71.5 Å². The molecule has 3 aromatic rings. The van der Waals surface area contributed by atoms with Crippen LogP contribution in [0.25, 0.3) is 0 Å². The molecule has 11 nitrogen and oxygen atoms in total. The second-order valence-corrected chi connectivity index (χ2v) is 12.3. The number of aliphatic hydroxyl groups excluding tert-OH is 3. The summed E-state index contributed by atoms with van der Waals surface area (Å²) >= 11 is 0. The fourth-order valence-corrected chi connectivity index (χ4v) is 7.61. The molecule has 0 amide bonds. The minimum absolute atomic E-state index is 0.0401. The summed E-state index contributed by atoms with van der Waals surface area (Å²) in [6.45, 7) is 0.147. The lowest BCUT2D eigenvalue weighted by Gasteiger charge is -2.56. The van der Waals surface area contributed by atoms with Crippen LogP contribution in [0.1, 0.15) is 73.7 Å². The van der Waals surface area contributed by atoms with Crippen LogP contribution < -0.4 is 4.74 Å². The molecule has 0 unspecified atom stereocenters. The minimum atomic E-state index is -1.79. The summed E-state index contributed by atoms with van der Waals surface area (Å²) in [5.74, 6) is -1.95. The first-order valence-electron chi connectivity index (χ1n) is 15.9. The van der Waals surface area contributed by atoms with E-state index in [2.05, 4.69) is 21.5 Å². The second kappa shape index (κ2) is 13.7. The monoisotopic (exact) mass is 618 g/mol. The van der Waals surface area contributed by atoms with Crippen LogP contribution >= 0.6 is 0 Å². The van der Waals surface area contributed by atoms with Crippen molar-refractivity contribution < 1.29 is 35.1 Å². The number of oxime groups is 1. The Hall–Kier alpha value is -3.77. The molecule has 11 heteroatoms. The molecule has 2 heterocycles. The van der Waals surface area contributed by atoms with Gasteiger partial charge in [0.05, 0.1) is 30.1 Å². The summed E-state index contributed by atoms with van der Waals surface area (Å²) in [7, 11) is 0. The maximum atomic E-state index is 12.8. The first-order chi connectivity index (χ1) is 22.0. The van der Waals surface area contributed by atoms with Crippen LogP contribution in [0.2, 0.25) is 0 Å². The molecule has 45 heavy (non-hydrogen) atoms. The van der Waals surface area contributed by atoms with E-state index in [1.807, 2.05) is 30.3 Å². The number of aromatic hydroxyl groups is 1. The van der Waals surface area contributed by atoms with Gasteiger partial charge in [-0.05, 0) is 66.9 Å². The van der Waals surface area contributed by atoms with Crippen molar-refractivity contribution in [3.8, 4) is 11.5 Å². The van der Waals surface area contributed by atoms with Gasteiger partial charge in [-0.2, -0.15) is 0 Å². The summed E-state index contributed by atoms with van der Waals surface area (Å²) in [6, 6.07) is 13.9. The number of allylic oxidation sites excluding steroid dienone is 1. The Kier molecular flexibility index (Phi) is 9.50. The zero-order chi connectivity index (χ0) is 31.4. The predicted octanol–water partition coefficient (Wildman–Crippen LogP) is 3.97. The van der Waals surface area contributed by atoms with Gasteiger partial charge in [-0.15, -0.1) is 5.10 Å². The maximum Gasteiger partial charge on any atom is 0.238 e. The summed E-state index contributed by atoms with van der Waals surface area (Å²) < 4.78 is 8.07. The van der Waals surface area contributed by atoms with Crippen LogP contribution in [-0.2, 0) is 18.1 Å². The highest BCUT2D eigenvalue weighted by molar-refractivity contribution is 6.02. The van der Waals surface area contributed by atoms with Crippen molar-refractivity contribution in [2.45, 2.75) is 75.9 Å². The molecule has 1 aromatic heterocycles. The highest BCUT2D eigenvalue weighted by Gasteiger charge is 2.63. The lowest BCUT2D eigenvalue weighted by molar-refractivity contribution is -0.225. The molecule has 0 bridgehead atoms. The van der Waals surface area contributed by atoms with E-state index in [1.165, 1.54) is 10.9 Å². The molecular weight excluding hydrogens is 576 g/mol. The van der Waals surface area contributed by atoms with E-state index < -0.39 is 17.7 Å². The summed E-state index contributed by atoms with van der Waals surface area (Å²) in [6.07, 6.45) is 8.45. The van der Waals surface area contributed by atoms with E-state index in [-0.39, 0.29) is 56.4 Å². The van der Waals surface area contributed by atoms with E-state index >= 15 is 0 Å². The standard InChI is InChI=1S/C34H42N4O7/c39-14-6-4-10-23-16-27-29(36-44-21-22-8-2-1-3-9-22)18-31(38-24(20-41)19-35-37-38)34(43)33(27)32(26(23)11-5-7-15-40)28-17-25(42)12-13-30(28)45-34/h1-3,8-9,12-13,16-17,19,23,26,31-33,39-43H,4-7,10-11,14-15,18,20-21H2/t23-,26+,31-,32+,33+,34+/m0/s1. The van der Waals surface area contributed by atoms with Gasteiger partial charge in [-0.3, -0.25) is 0 Å². The zero-order valence-corrected chi connectivity index (χ0v) is 25.3. The highest BCUT2D eigenvalue weighted by Crippen LogP contribution is 2.62. The predicted molar refractivity (Wildman–Crippen MR) is 165 cm³/mol. The quantitative estimate of drug-likeness (QED) is 0.141. The largest absolute Gasteiger partial charge is 0.508 e. The smallest absolute Gasteiger partial charge is 0.238 e. The Morgan fingerprint density at radius 2 is 1.78 bits per heavy atom. The fourth-order valence-electron chi connectivity index (χ4n) is 7.61. The minimum Gasteiger partial charge on any atom is -0.508 e. The number of hydrogen-bond acceptors (Lipinski definition) is 10. The molecule has 0 spiro atoms. The lowest BCUT2D eigenvalue weighted by atomic mass is 9.55. The third kappa shape index (κ3) is 6.09. The maximum absolute atomic E-state index is 12.8. The molecule has 3 aliphatic rings. The third-order valence-electron chi connectivity index (χ3n) is 9.61. The number of fused-ring (bicyclic) bond motifs is 2. The lowest BCUT2D eigenvalue weighted by Crippen LogP contribution is -2.62. The molecule has 2 aliphatic carbocycles. The van der Waals surface area contributed by atoms with Gasteiger partial charge in [-0.1, -0.05) is 59.6 Å². The number of phenolic OH excluding ortho intramolecular Hbond substituents is 1. The second-order valence-electron chi connectivity index (χ2n) is 12.3. The molecule has 0 radical (unpaired) electrons. The number of hydrogen-bond donors (Lipinski definition) is 5. The molecule has 240 valence electrons. The number of unbranched alkanes of at least 4 members (excludes halogenated alkanes) is 2. The SMILES string of the molecule is OCCCC[C@H]1[C@@H]2c3cc(O)ccc3O[C@@]3(O)[C@@H]2C(=C[C@@H]1CCCCO)C(=NOCc1ccccc1)C[C@@H]3n1nncc1CO. The van der Waals surface area contributed by atoms with Gasteiger partial charge in [0.2, 0.25) is 5.79 Å². The topological polar surface area (TPSA) is 163 Å². The summed E-state index contributed by atoms with van der Waals surface area (Å²) in [5, 5.41) is 65.8. The summed E-state index contributed by atoms with van der Waals surface area (Å²) in [4.78, 5) is 5.94. The van der Waals surface area contributed by atoms with E-state index in [0.717, 1.165) is 42.4 Å². The molecule has 6 rings (SSSR count). The van der Waals surface area contributed by atoms with Crippen LogP contribution in [0.4, 0.5) is 0 Å². The van der Waals surface area contributed by atoms with Crippen LogP contribution in [0.3, 0.4) is 0 Å². The Labute approximate surface area is 262 Å². The first-order valence-corrected chi connectivity index (χ1v) is 15.9. The molecule has 0 saturated heterocycles. The van der Waals surface area contributed by atoms with Crippen LogP contribution in [-0.4, -0.2) is 65.2 Å². The summed E-state index contributed by atoms with van der Waals surface area (Å²) in [5.41, 5.74) is 3.69. The van der Waals surface area contributed by atoms with Crippen molar-refractivity contribution in [3.63, 3.8) is 0 Å².